The van der Waals surface area contributed by atoms with E-state index in [-0.39, 0.29) is 22.5 Å². The number of nitriles is 1. The normalized spacial score (nSPS) is 24.8. The molecule has 1 aliphatic rings. The first-order valence-electron chi connectivity index (χ1n) is 8.03. The number of hydrogen-bond acceptors (Lipinski definition) is 4. The Morgan fingerprint density at radius 3 is 1.77 bits per heavy atom. The summed E-state index contributed by atoms with van der Waals surface area (Å²) in [4.78, 5) is 0. The van der Waals surface area contributed by atoms with Gasteiger partial charge in [0.05, 0.1) is 6.07 Å². The van der Waals surface area contributed by atoms with E-state index in [2.05, 4.69) is 73.8 Å². The van der Waals surface area contributed by atoms with Crippen LogP contribution in [0.15, 0.2) is 0 Å². The number of epoxide rings is 1. The van der Waals surface area contributed by atoms with E-state index < -0.39 is 22.7 Å². The molecule has 1 rings (SSSR count). The van der Waals surface area contributed by atoms with Crippen molar-refractivity contribution in [1.29, 1.82) is 5.26 Å². The van der Waals surface area contributed by atoms with Crippen molar-refractivity contribution in [1.82, 2.24) is 0 Å². The van der Waals surface area contributed by atoms with E-state index in [9.17, 15) is 5.26 Å². The van der Waals surface area contributed by atoms with Crippen molar-refractivity contribution in [3.63, 3.8) is 0 Å². The van der Waals surface area contributed by atoms with Gasteiger partial charge in [-0.3, -0.25) is 0 Å². The van der Waals surface area contributed by atoms with Gasteiger partial charge >= 0.3 is 0 Å². The van der Waals surface area contributed by atoms with Crippen molar-refractivity contribution in [3.05, 3.63) is 0 Å². The Bertz CT molecular complexity index is 444. The summed E-state index contributed by atoms with van der Waals surface area (Å²) in [6, 6.07) is 2.27. The lowest BCUT2D eigenvalue weighted by Gasteiger charge is -2.37. The molecule has 0 radical (unpaired) electrons. The smallest absolute Gasteiger partial charge is 0.195 e. The van der Waals surface area contributed by atoms with E-state index in [0.717, 1.165) is 0 Å². The second-order valence-corrected chi connectivity index (χ2v) is 18.8. The largest absolute Gasteiger partial charge is 0.399 e. The third-order valence-electron chi connectivity index (χ3n) is 5.35. The van der Waals surface area contributed by atoms with Crippen molar-refractivity contribution in [2.24, 2.45) is 0 Å². The van der Waals surface area contributed by atoms with Crippen LogP contribution in [-0.4, -0.2) is 35.1 Å². The Morgan fingerprint density at radius 1 is 0.955 bits per heavy atom. The van der Waals surface area contributed by atoms with E-state index in [0.29, 0.717) is 0 Å². The molecule has 128 valence electrons. The van der Waals surface area contributed by atoms with Gasteiger partial charge in [0.25, 0.3) is 0 Å². The minimum Gasteiger partial charge on any atom is -0.399 e. The lowest BCUT2D eigenvalue weighted by Crippen LogP contribution is -2.46. The molecule has 0 amide bonds. The van der Waals surface area contributed by atoms with Crippen molar-refractivity contribution < 1.29 is 13.6 Å². The van der Waals surface area contributed by atoms with Gasteiger partial charge in [0.15, 0.2) is 29.0 Å². The predicted molar refractivity (Wildman–Crippen MR) is 94.6 cm³/mol. The van der Waals surface area contributed by atoms with E-state index in [1.54, 1.807) is 0 Å². The van der Waals surface area contributed by atoms with Gasteiger partial charge in [-0.25, -0.2) is 0 Å². The summed E-state index contributed by atoms with van der Waals surface area (Å²) in [6.45, 7) is 21.8. The van der Waals surface area contributed by atoms with Crippen LogP contribution < -0.4 is 0 Å². The molecule has 0 saturated carbocycles. The van der Waals surface area contributed by atoms with Gasteiger partial charge < -0.3 is 13.6 Å². The molecular formula is C16H33NO3Si2. The molecule has 0 spiro atoms. The van der Waals surface area contributed by atoms with Gasteiger partial charge in [-0.05, 0) is 36.3 Å². The molecule has 22 heavy (non-hydrogen) atoms. The van der Waals surface area contributed by atoms with E-state index in [1.165, 1.54) is 0 Å². The maximum atomic E-state index is 9.46. The second-order valence-electron chi connectivity index (χ2n) is 9.28. The van der Waals surface area contributed by atoms with Crippen molar-refractivity contribution in [2.75, 3.05) is 0 Å². The quantitative estimate of drug-likeness (QED) is 0.538. The summed E-state index contributed by atoms with van der Waals surface area (Å²) in [5, 5.41) is 9.67. The molecule has 0 aliphatic carbocycles. The average Bonchev–Trinajstić information content (AvgIpc) is 3.01. The SMILES string of the molecule is CC(C)(C)[Si](C)(C)O[C@H]1O[C@@H]1[C@@H](C#N)O[Si](C)(C)C(C)(C)C. The zero-order valence-corrected chi connectivity index (χ0v) is 17.9. The van der Waals surface area contributed by atoms with Crippen LogP contribution in [-0.2, 0) is 13.6 Å². The Labute approximate surface area is 138 Å². The minimum absolute atomic E-state index is 0.0762. The van der Waals surface area contributed by atoms with E-state index in [1.807, 2.05) is 0 Å². The topological polar surface area (TPSA) is 54.8 Å². The summed E-state index contributed by atoms with van der Waals surface area (Å²) in [5.41, 5.74) is 0. The van der Waals surface area contributed by atoms with Crippen LogP contribution in [0.25, 0.3) is 0 Å². The zero-order chi connectivity index (χ0) is 17.6. The van der Waals surface area contributed by atoms with Crippen LogP contribution in [0.4, 0.5) is 0 Å². The van der Waals surface area contributed by atoms with Gasteiger partial charge in [-0.1, -0.05) is 41.5 Å². The molecule has 0 unspecified atom stereocenters. The molecule has 0 bridgehead atoms. The zero-order valence-electron chi connectivity index (χ0n) is 15.9. The Morgan fingerprint density at radius 2 is 1.41 bits per heavy atom. The Kier molecular flexibility index (Phi) is 5.43. The van der Waals surface area contributed by atoms with Crippen molar-refractivity contribution in [3.8, 4) is 6.07 Å². The predicted octanol–water partition coefficient (Wildman–Crippen LogP) is 4.65. The summed E-state index contributed by atoms with van der Waals surface area (Å²) in [7, 11) is -3.86. The standard InChI is InChI=1S/C16H33NO3Si2/c1-15(2,3)21(7,8)19-12(11-17)13-14(18-13)20-22(9,10)16(4,5)6/h12-14H,1-10H3/t12-,13-,14-/m1/s1. The van der Waals surface area contributed by atoms with Gasteiger partial charge in [0.2, 0.25) is 0 Å². The number of hydrogen-bond donors (Lipinski definition) is 0. The van der Waals surface area contributed by atoms with Gasteiger partial charge in [0, 0.05) is 0 Å². The third-order valence-corrected chi connectivity index (χ3v) is 14.2. The first-order valence-corrected chi connectivity index (χ1v) is 13.8. The third kappa shape index (κ3) is 4.42. The maximum Gasteiger partial charge on any atom is 0.195 e. The van der Waals surface area contributed by atoms with Gasteiger partial charge in [-0.2, -0.15) is 5.26 Å². The molecule has 0 N–H and O–H groups in total. The molecule has 1 aliphatic heterocycles. The highest BCUT2D eigenvalue weighted by molar-refractivity contribution is 6.74. The van der Waals surface area contributed by atoms with E-state index in [4.69, 9.17) is 13.6 Å². The lowest BCUT2D eigenvalue weighted by atomic mass is 10.2. The fourth-order valence-corrected chi connectivity index (χ4v) is 3.85. The number of rotatable bonds is 5. The van der Waals surface area contributed by atoms with Crippen LogP contribution in [0.3, 0.4) is 0 Å². The monoisotopic (exact) mass is 343 g/mol. The van der Waals surface area contributed by atoms with Crippen LogP contribution in [0.2, 0.25) is 36.3 Å². The van der Waals surface area contributed by atoms with Crippen LogP contribution in [0.1, 0.15) is 41.5 Å². The Balaban J connectivity index is 2.69. The molecule has 1 saturated heterocycles. The molecule has 3 atom stereocenters. The van der Waals surface area contributed by atoms with Gasteiger partial charge in [0.1, 0.15) is 6.10 Å². The van der Waals surface area contributed by atoms with Crippen molar-refractivity contribution in [2.45, 2.75) is 96.3 Å². The second kappa shape index (κ2) is 6.02. The highest BCUT2D eigenvalue weighted by Crippen LogP contribution is 2.43. The molecule has 6 heteroatoms. The molecule has 0 aromatic rings. The molecule has 1 heterocycles. The fourth-order valence-electron chi connectivity index (χ4n) is 1.55. The highest BCUT2D eigenvalue weighted by atomic mass is 28.4. The van der Waals surface area contributed by atoms with Crippen molar-refractivity contribution >= 4 is 16.6 Å². The molecule has 4 nitrogen and oxygen atoms in total. The van der Waals surface area contributed by atoms with Gasteiger partial charge in [-0.15, -0.1) is 0 Å². The van der Waals surface area contributed by atoms with Crippen LogP contribution >= 0.6 is 0 Å². The minimum atomic E-state index is -1.98. The summed E-state index contributed by atoms with van der Waals surface area (Å²) in [5.74, 6) is 0. The van der Waals surface area contributed by atoms with Crippen LogP contribution in [0, 0.1) is 11.3 Å². The first-order chi connectivity index (χ1) is 9.62. The number of nitrogens with zero attached hydrogens (tertiary/aromatic N) is 1. The molecule has 0 aromatic heterocycles. The summed E-state index contributed by atoms with van der Waals surface area (Å²) in [6.07, 6.45) is -1.06. The molecule has 1 fully saturated rings. The highest BCUT2D eigenvalue weighted by Gasteiger charge is 2.54. The summed E-state index contributed by atoms with van der Waals surface area (Å²) >= 11 is 0. The van der Waals surface area contributed by atoms with E-state index >= 15 is 0 Å². The Hall–Kier alpha value is -0.196. The average molecular weight is 344 g/mol. The number of ether oxygens (including phenoxy) is 1. The molecule has 0 aromatic carbocycles. The summed E-state index contributed by atoms with van der Waals surface area (Å²) < 4.78 is 18.1. The molecular weight excluding hydrogens is 310 g/mol. The lowest BCUT2D eigenvalue weighted by molar-refractivity contribution is 0.158. The van der Waals surface area contributed by atoms with Crippen LogP contribution in [0.5, 0.6) is 0 Å². The first kappa shape index (κ1) is 19.8. The maximum absolute atomic E-state index is 9.46. The fraction of sp³-hybridized carbons (Fsp3) is 0.938.